The topological polar surface area (TPSA) is 64.3 Å². The summed E-state index contributed by atoms with van der Waals surface area (Å²) < 4.78 is 7.53. The Morgan fingerprint density at radius 1 is 1.55 bits per heavy atom. The molecule has 0 radical (unpaired) electrons. The number of halogens is 1. The predicted molar refractivity (Wildman–Crippen MR) is 75.0 cm³/mol. The first kappa shape index (κ1) is 13.4. The van der Waals surface area contributed by atoms with Crippen molar-refractivity contribution in [1.82, 2.24) is 9.55 Å². The third-order valence-corrected chi connectivity index (χ3v) is 3.79. The first-order chi connectivity index (χ1) is 9.67. The monoisotopic (exact) mass is 294 g/mol. The number of carboxylic acid groups (broad SMARTS) is 1. The minimum Gasteiger partial charge on any atom is -0.481 e. The fourth-order valence-electron chi connectivity index (χ4n) is 2.45. The second-order valence-electron chi connectivity index (χ2n) is 4.95. The molecule has 1 N–H and O–H groups in total. The van der Waals surface area contributed by atoms with Crippen molar-refractivity contribution >= 4 is 28.6 Å². The van der Waals surface area contributed by atoms with Gasteiger partial charge in [-0.2, -0.15) is 0 Å². The van der Waals surface area contributed by atoms with Crippen molar-refractivity contribution in [3.8, 4) is 0 Å². The molecule has 0 unspecified atom stereocenters. The Bertz CT molecular complexity index is 649. The second kappa shape index (κ2) is 5.42. The smallest absolute Gasteiger partial charge is 0.307 e. The van der Waals surface area contributed by atoms with Gasteiger partial charge < -0.3 is 14.4 Å². The molecule has 1 aliphatic heterocycles. The largest absolute Gasteiger partial charge is 0.481 e. The summed E-state index contributed by atoms with van der Waals surface area (Å²) in [5, 5.41) is 8.84. The quantitative estimate of drug-likeness (QED) is 0.859. The number of aromatic nitrogens is 2. The number of alkyl halides is 1. The lowest BCUT2D eigenvalue weighted by molar-refractivity contribution is -0.136. The fraction of sp³-hybridized carbons (Fsp3) is 0.429. The predicted octanol–water partition coefficient (Wildman–Crippen LogP) is 2.19. The summed E-state index contributed by atoms with van der Waals surface area (Å²) in [4.78, 5) is 15.3. The molecule has 106 valence electrons. The first-order valence-electron chi connectivity index (χ1n) is 6.55. The van der Waals surface area contributed by atoms with E-state index in [2.05, 4.69) is 9.55 Å². The lowest BCUT2D eigenvalue weighted by Crippen LogP contribution is -2.31. The third kappa shape index (κ3) is 2.51. The van der Waals surface area contributed by atoms with Gasteiger partial charge in [0.25, 0.3) is 0 Å². The number of rotatable bonds is 5. The van der Waals surface area contributed by atoms with Crippen LogP contribution in [-0.2, 0) is 28.4 Å². The van der Waals surface area contributed by atoms with Crippen molar-refractivity contribution in [3.63, 3.8) is 0 Å². The van der Waals surface area contributed by atoms with Gasteiger partial charge in [0.1, 0.15) is 5.82 Å². The number of fused-ring (bicyclic) bond motifs is 1. The van der Waals surface area contributed by atoms with E-state index in [-0.39, 0.29) is 12.5 Å². The number of benzene rings is 1. The zero-order chi connectivity index (χ0) is 14.1. The van der Waals surface area contributed by atoms with Crippen molar-refractivity contribution in [2.24, 2.45) is 0 Å². The first-order valence-corrected chi connectivity index (χ1v) is 7.08. The van der Waals surface area contributed by atoms with Crippen LogP contribution in [0.3, 0.4) is 0 Å². The van der Waals surface area contributed by atoms with E-state index in [0.29, 0.717) is 5.88 Å². The van der Waals surface area contributed by atoms with Gasteiger partial charge in [-0.05, 0) is 24.1 Å². The maximum Gasteiger partial charge on any atom is 0.307 e. The number of ether oxygens (including phenoxy) is 1. The zero-order valence-electron chi connectivity index (χ0n) is 10.9. The van der Waals surface area contributed by atoms with Crippen LogP contribution in [0, 0.1) is 0 Å². The molecule has 1 aromatic carbocycles. The SMILES string of the molecule is O=C(O)Cc1ccc2c(c1)nc(CCl)n2C[C@@H]1CCO1. The summed E-state index contributed by atoms with van der Waals surface area (Å²) in [5.41, 5.74) is 2.51. The van der Waals surface area contributed by atoms with Crippen LogP contribution in [0.5, 0.6) is 0 Å². The average Bonchev–Trinajstić information content (AvgIpc) is 2.70. The summed E-state index contributed by atoms with van der Waals surface area (Å²) in [7, 11) is 0. The maximum absolute atomic E-state index is 10.8. The molecule has 2 heterocycles. The van der Waals surface area contributed by atoms with Gasteiger partial charge in [0.15, 0.2) is 0 Å². The molecule has 6 heteroatoms. The van der Waals surface area contributed by atoms with Crippen LogP contribution in [0.2, 0.25) is 0 Å². The summed E-state index contributed by atoms with van der Waals surface area (Å²) in [6.07, 6.45) is 1.29. The molecule has 20 heavy (non-hydrogen) atoms. The molecule has 0 amide bonds. The van der Waals surface area contributed by atoms with Crippen LogP contribution in [-0.4, -0.2) is 33.3 Å². The van der Waals surface area contributed by atoms with Crippen LogP contribution in [0.25, 0.3) is 11.0 Å². The Labute approximate surface area is 121 Å². The van der Waals surface area contributed by atoms with Crippen LogP contribution in [0.1, 0.15) is 17.8 Å². The van der Waals surface area contributed by atoms with Gasteiger partial charge in [-0.25, -0.2) is 4.98 Å². The van der Waals surface area contributed by atoms with Crippen molar-refractivity contribution in [2.45, 2.75) is 31.4 Å². The van der Waals surface area contributed by atoms with Crippen molar-refractivity contribution in [2.75, 3.05) is 6.61 Å². The van der Waals surface area contributed by atoms with Crippen LogP contribution in [0.15, 0.2) is 18.2 Å². The average molecular weight is 295 g/mol. The summed E-state index contributed by atoms with van der Waals surface area (Å²) in [5.74, 6) is 0.282. The lowest BCUT2D eigenvalue weighted by atomic mass is 10.1. The molecule has 1 aromatic heterocycles. The van der Waals surface area contributed by atoms with Crippen LogP contribution >= 0.6 is 11.6 Å². The van der Waals surface area contributed by atoms with E-state index in [4.69, 9.17) is 21.4 Å². The van der Waals surface area contributed by atoms with Crippen LogP contribution in [0.4, 0.5) is 0 Å². The standard InChI is InChI=1S/C14H15ClN2O3/c15-7-13-16-11-5-9(6-14(18)19)1-2-12(11)17(13)8-10-3-4-20-10/h1-2,5,10H,3-4,6-8H2,(H,18,19)/t10-/m0/s1. The number of hydrogen-bond donors (Lipinski definition) is 1. The van der Waals surface area contributed by atoms with E-state index in [1.54, 1.807) is 0 Å². The maximum atomic E-state index is 10.8. The van der Waals surface area contributed by atoms with E-state index in [1.165, 1.54) is 0 Å². The number of nitrogens with zero attached hydrogens (tertiary/aromatic N) is 2. The molecule has 1 fully saturated rings. The van der Waals surface area contributed by atoms with Crippen molar-refractivity contribution < 1.29 is 14.6 Å². The molecule has 5 nitrogen and oxygen atoms in total. The van der Waals surface area contributed by atoms with Gasteiger partial charge in [0.2, 0.25) is 0 Å². The zero-order valence-corrected chi connectivity index (χ0v) is 11.6. The summed E-state index contributed by atoms with van der Waals surface area (Å²) in [6.45, 7) is 1.56. The van der Waals surface area contributed by atoms with Gasteiger partial charge in [0, 0.05) is 6.61 Å². The minimum absolute atomic E-state index is 0.00471. The molecule has 0 saturated carbocycles. The van der Waals surface area contributed by atoms with Gasteiger partial charge in [-0.3, -0.25) is 4.79 Å². The Morgan fingerprint density at radius 3 is 2.95 bits per heavy atom. The summed E-state index contributed by atoms with van der Waals surface area (Å²) in [6, 6.07) is 5.56. The molecular formula is C14H15ClN2O3. The van der Waals surface area contributed by atoms with E-state index < -0.39 is 5.97 Å². The second-order valence-corrected chi connectivity index (χ2v) is 5.21. The molecular weight excluding hydrogens is 280 g/mol. The Hall–Kier alpha value is -1.59. The molecule has 0 bridgehead atoms. The number of carboxylic acids is 1. The lowest BCUT2D eigenvalue weighted by Gasteiger charge is -2.27. The van der Waals surface area contributed by atoms with Gasteiger partial charge in [0.05, 0.1) is 36.0 Å². The van der Waals surface area contributed by atoms with E-state index >= 15 is 0 Å². The normalized spacial score (nSPS) is 18.1. The van der Waals surface area contributed by atoms with E-state index in [1.807, 2.05) is 18.2 Å². The molecule has 0 spiro atoms. The van der Waals surface area contributed by atoms with Gasteiger partial charge >= 0.3 is 5.97 Å². The Kier molecular flexibility index (Phi) is 3.63. The molecule has 3 rings (SSSR count). The van der Waals surface area contributed by atoms with E-state index in [9.17, 15) is 4.79 Å². The molecule has 1 saturated heterocycles. The van der Waals surface area contributed by atoms with Gasteiger partial charge in [-0.15, -0.1) is 11.6 Å². The Balaban J connectivity index is 1.97. The molecule has 1 aliphatic rings. The molecule has 2 aromatic rings. The fourth-order valence-corrected chi connectivity index (χ4v) is 2.65. The minimum atomic E-state index is -0.843. The highest BCUT2D eigenvalue weighted by Gasteiger charge is 2.21. The van der Waals surface area contributed by atoms with Crippen LogP contribution < -0.4 is 0 Å². The van der Waals surface area contributed by atoms with E-state index in [0.717, 1.165) is 42.0 Å². The highest BCUT2D eigenvalue weighted by molar-refractivity contribution is 6.16. The number of imidazole rings is 1. The number of aliphatic carboxylic acids is 1. The Morgan fingerprint density at radius 2 is 2.35 bits per heavy atom. The molecule has 0 aliphatic carbocycles. The van der Waals surface area contributed by atoms with Crippen molar-refractivity contribution in [1.29, 1.82) is 0 Å². The number of carbonyl (C=O) groups is 1. The highest BCUT2D eigenvalue weighted by atomic mass is 35.5. The van der Waals surface area contributed by atoms with Crippen molar-refractivity contribution in [3.05, 3.63) is 29.6 Å². The highest BCUT2D eigenvalue weighted by Crippen LogP contribution is 2.23. The number of hydrogen-bond acceptors (Lipinski definition) is 3. The third-order valence-electron chi connectivity index (χ3n) is 3.55. The molecule has 1 atom stereocenters. The van der Waals surface area contributed by atoms with Gasteiger partial charge in [-0.1, -0.05) is 6.07 Å². The summed E-state index contributed by atoms with van der Waals surface area (Å²) >= 11 is 5.95.